The van der Waals surface area contributed by atoms with Crippen LogP contribution in [0, 0.1) is 6.92 Å². The van der Waals surface area contributed by atoms with Crippen LogP contribution in [-0.2, 0) is 0 Å². The molecule has 0 N–H and O–H groups in total. The van der Waals surface area contributed by atoms with Gasteiger partial charge in [0.05, 0.1) is 6.61 Å². The molecule has 1 nitrogen and oxygen atoms in total. The van der Waals surface area contributed by atoms with Crippen LogP contribution in [0.1, 0.15) is 51.0 Å². The van der Waals surface area contributed by atoms with Gasteiger partial charge in [-0.2, -0.15) is 0 Å². The molecule has 0 bridgehead atoms. The van der Waals surface area contributed by atoms with E-state index in [2.05, 4.69) is 35.8 Å². The Kier molecular flexibility index (Phi) is 7.34. The largest absolute Gasteiger partial charge is 0.493 e. The van der Waals surface area contributed by atoms with Gasteiger partial charge in [-0.15, -0.1) is 0 Å². The molecule has 1 aromatic carbocycles. The lowest BCUT2D eigenvalue weighted by Crippen LogP contribution is -1.98. The summed E-state index contributed by atoms with van der Waals surface area (Å²) in [6.45, 7) is 5.18. The zero-order valence-corrected chi connectivity index (χ0v) is 12.6. The minimum atomic E-state index is 0.842. The Morgan fingerprint density at radius 3 is 2.47 bits per heavy atom. The van der Waals surface area contributed by atoms with Crippen molar-refractivity contribution in [3.05, 3.63) is 28.2 Å². The van der Waals surface area contributed by atoms with E-state index in [1.807, 2.05) is 12.1 Å². The molecule has 0 aliphatic heterocycles. The van der Waals surface area contributed by atoms with E-state index in [0.29, 0.717) is 0 Å². The highest BCUT2D eigenvalue weighted by Gasteiger charge is 1.99. The molecule has 2 heteroatoms. The Labute approximate surface area is 114 Å². The monoisotopic (exact) mass is 298 g/mol. The van der Waals surface area contributed by atoms with Gasteiger partial charge in [-0.25, -0.2) is 0 Å². The van der Waals surface area contributed by atoms with Gasteiger partial charge in [-0.3, -0.25) is 0 Å². The van der Waals surface area contributed by atoms with Crippen LogP contribution in [0.15, 0.2) is 22.7 Å². The average Bonchev–Trinajstić information content (AvgIpc) is 2.30. The summed E-state index contributed by atoms with van der Waals surface area (Å²) in [5, 5.41) is 0. The Bertz CT molecular complexity index is 323. The van der Waals surface area contributed by atoms with E-state index in [0.717, 1.165) is 16.8 Å². The molecule has 0 fully saturated rings. The second kappa shape index (κ2) is 8.57. The van der Waals surface area contributed by atoms with Crippen LogP contribution >= 0.6 is 15.9 Å². The van der Waals surface area contributed by atoms with Crippen molar-refractivity contribution in [3.63, 3.8) is 0 Å². The summed E-state index contributed by atoms with van der Waals surface area (Å²) in [6.07, 6.45) is 7.85. The fourth-order valence-corrected chi connectivity index (χ4v) is 2.31. The van der Waals surface area contributed by atoms with Crippen molar-refractivity contribution in [3.8, 4) is 5.75 Å². The van der Waals surface area contributed by atoms with Gasteiger partial charge in [0.2, 0.25) is 0 Å². The summed E-state index contributed by atoms with van der Waals surface area (Å²) in [5.74, 6) is 1.02. The van der Waals surface area contributed by atoms with E-state index in [4.69, 9.17) is 4.74 Å². The van der Waals surface area contributed by atoms with E-state index in [1.165, 1.54) is 44.1 Å². The molecule has 0 saturated carbocycles. The molecular formula is C15H23BrO. The van der Waals surface area contributed by atoms with Crippen LogP contribution in [0.2, 0.25) is 0 Å². The molecule has 0 unspecified atom stereocenters. The minimum absolute atomic E-state index is 0.842. The predicted octanol–water partition coefficient (Wildman–Crippen LogP) is 5.50. The predicted molar refractivity (Wildman–Crippen MR) is 77.8 cm³/mol. The molecule has 0 radical (unpaired) electrons. The van der Waals surface area contributed by atoms with Gasteiger partial charge in [0.15, 0.2) is 0 Å². The van der Waals surface area contributed by atoms with E-state index >= 15 is 0 Å². The normalized spacial score (nSPS) is 10.5. The maximum Gasteiger partial charge on any atom is 0.122 e. The number of halogens is 1. The van der Waals surface area contributed by atoms with Crippen molar-refractivity contribution in [2.45, 2.75) is 52.4 Å². The number of ether oxygens (including phenoxy) is 1. The van der Waals surface area contributed by atoms with Crippen LogP contribution < -0.4 is 4.74 Å². The second-order valence-corrected chi connectivity index (χ2v) is 5.44. The molecule has 0 aliphatic rings. The molecule has 96 valence electrons. The Morgan fingerprint density at radius 1 is 1.06 bits per heavy atom. The third kappa shape index (κ3) is 6.11. The summed E-state index contributed by atoms with van der Waals surface area (Å²) in [5.41, 5.74) is 1.20. The number of unbranched alkanes of at least 4 members (excludes halogenated alkanes) is 5. The summed E-state index contributed by atoms with van der Waals surface area (Å²) < 4.78 is 6.89. The van der Waals surface area contributed by atoms with Crippen molar-refractivity contribution in [2.75, 3.05) is 6.61 Å². The molecule has 0 amide bonds. The first-order valence-electron chi connectivity index (χ1n) is 6.63. The van der Waals surface area contributed by atoms with E-state index in [-0.39, 0.29) is 0 Å². The van der Waals surface area contributed by atoms with E-state index < -0.39 is 0 Å². The van der Waals surface area contributed by atoms with Crippen molar-refractivity contribution in [2.24, 2.45) is 0 Å². The van der Waals surface area contributed by atoms with Gasteiger partial charge in [0, 0.05) is 4.47 Å². The van der Waals surface area contributed by atoms with Crippen molar-refractivity contribution >= 4 is 15.9 Å². The van der Waals surface area contributed by atoms with Crippen LogP contribution in [-0.4, -0.2) is 6.61 Å². The van der Waals surface area contributed by atoms with Crippen molar-refractivity contribution in [1.29, 1.82) is 0 Å². The smallest absolute Gasteiger partial charge is 0.122 e. The fraction of sp³-hybridized carbons (Fsp3) is 0.600. The molecule has 0 spiro atoms. The van der Waals surface area contributed by atoms with Crippen molar-refractivity contribution in [1.82, 2.24) is 0 Å². The molecule has 0 aliphatic carbocycles. The van der Waals surface area contributed by atoms with Gasteiger partial charge >= 0.3 is 0 Å². The van der Waals surface area contributed by atoms with E-state index in [9.17, 15) is 0 Å². The van der Waals surface area contributed by atoms with Crippen molar-refractivity contribution < 1.29 is 4.74 Å². The lowest BCUT2D eigenvalue weighted by atomic mass is 10.1. The van der Waals surface area contributed by atoms with Gasteiger partial charge < -0.3 is 4.74 Å². The fourth-order valence-electron chi connectivity index (χ4n) is 1.84. The SMILES string of the molecule is CCCCCCCCOc1ccc(Br)cc1C. The maximum absolute atomic E-state index is 5.78. The summed E-state index contributed by atoms with van der Waals surface area (Å²) in [4.78, 5) is 0. The highest BCUT2D eigenvalue weighted by atomic mass is 79.9. The lowest BCUT2D eigenvalue weighted by Gasteiger charge is -2.09. The van der Waals surface area contributed by atoms with Crippen LogP contribution in [0.3, 0.4) is 0 Å². The van der Waals surface area contributed by atoms with Crippen LogP contribution in [0.4, 0.5) is 0 Å². The van der Waals surface area contributed by atoms with Crippen LogP contribution in [0.25, 0.3) is 0 Å². The van der Waals surface area contributed by atoms with Gasteiger partial charge in [0.25, 0.3) is 0 Å². The zero-order valence-electron chi connectivity index (χ0n) is 11.0. The Morgan fingerprint density at radius 2 is 1.76 bits per heavy atom. The minimum Gasteiger partial charge on any atom is -0.493 e. The molecule has 0 atom stereocenters. The summed E-state index contributed by atoms with van der Waals surface area (Å²) >= 11 is 3.46. The first-order valence-corrected chi connectivity index (χ1v) is 7.42. The number of hydrogen-bond acceptors (Lipinski definition) is 1. The Hall–Kier alpha value is -0.500. The number of aryl methyl sites for hydroxylation is 1. The Balaban J connectivity index is 2.14. The third-order valence-corrected chi connectivity index (χ3v) is 3.39. The standard InChI is InChI=1S/C15H23BrO/c1-3-4-5-6-7-8-11-17-15-10-9-14(16)12-13(15)2/h9-10,12H,3-8,11H2,1-2H3. The average molecular weight is 299 g/mol. The molecule has 0 saturated heterocycles. The lowest BCUT2D eigenvalue weighted by molar-refractivity contribution is 0.302. The summed E-state index contributed by atoms with van der Waals surface area (Å²) in [7, 11) is 0. The maximum atomic E-state index is 5.78. The third-order valence-electron chi connectivity index (χ3n) is 2.89. The molecule has 1 rings (SSSR count). The zero-order chi connectivity index (χ0) is 12.5. The van der Waals surface area contributed by atoms with E-state index in [1.54, 1.807) is 0 Å². The van der Waals surface area contributed by atoms with Gasteiger partial charge in [-0.05, 0) is 37.1 Å². The van der Waals surface area contributed by atoms with Gasteiger partial charge in [-0.1, -0.05) is 55.0 Å². The molecule has 17 heavy (non-hydrogen) atoms. The molecular weight excluding hydrogens is 276 g/mol. The molecule has 1 aromatic rings. The number of benzene rings is 1. The second-order valence-electron chi connectivity index (χ2n) is 4.53. The quantitative estimate of drug-likeness (QED) is 0.576. The van der Waals surface area contributed by atoms with Crippen LogP contribution in [0.5, 0.6) is 5.75 Å². The summed E-state index contributed by atoms with van der Waals surface area (Å²) in [6, 6.07) is 6.16. The first-order chi connectivity index (χ1) is 8.24. The first kappa shape index (κ1) is 14.6. The highest BCUT2D eigenvalue weighted by molar-refractivity contribution is 9.10. The molecule has 0 heterocycles. The topological polar surface area (TPSA) is 9.23 Å². The number of hydrogen-bond donors (Lipinski definition) is 0. The molecule has 0 aromatic heterocycles. The number of rotatable bonds is 8. The highest BCUT2D eigenvalue weighted by Crippen LogP contribution is 2.22. The van der Waals surface area contributed by atoms with Gasteiger partial charge in [0.1, 0.15) is 5.75 Å².